The zero-order chi connectivity index (χ0) is 15.4. The van der Waals surface area contributed by atoms with E-state index in [-0.39, 0.29) is 24.2 Å². The van der Waals surface area contributed by atoms with Crippen LogP contribution in [0.1, 0.15) is 31.9 Å². The van der Waals surface area contributed by atoms with E-state index >= 15 is 0 Å². The number of piperazine rings is 1. The lowest BCUT2D eigenvalue weighted by Crippen LogP contribution is -2.59. The van der Waals surface area contributed by atoms with Crippen LogP contribution in [0.3, 0.4) is 0 Å². The van der Waals surface area contributed by atoms with Crippen molar-refractivity contribution in [1.29, 1.82) is 0 Å². The third-order valence-corrected chi connectivity index (χ3v) is 3.76. The Hall–Kier alpha value is -1.88. The van der Waals surface area contributed by atoms with Gasteiger partial charge in [0.15, 0.2) is 0 Å². The van der Waals surface area contributed by atoms with Crippen LogP contribution in [0, 0.1) is 5.92 Å². The Bertz CT molecular complexity index is 502. The average molecular weight is 290 g/mol. The second-order valence-corrected chi connectivity index (χ2v) is 5.70. The predicted octanol–water partition coefficient (Wildman–Crippen LogP) is 1.09. The van der Waals surface area contributed by atoms with Crippen LogP contribution in [-0.4, -0.2) is 41.0 Å². The van der Waals surface area contributed by atoms with Gasteiger partial charge in [-0.2, -0.15) is 0 Å². The lowest BCUT2D eigenvalue weighted by Gasteiger charge is -2.37. The Balaban J connectivity index is 2.06. The molecule has 2 atom stereocenters. The SMILES string of the molecule is CC(C)C1C(=O)NCCN1C(=O)CC(O)c1ccccc1. The fourth-order valence-corrected chi connectivity index (χ4v) is 2.70. The molecule has 5 nitrogen and oxygen atoms in total. The molecule has 1 aromatic rings. The summed E-state index contributed by atoms with van der Waals surface area (Å²) in [5, 5.41) is 13.0. The van der Waals surface area contributed by atoms with Gasteiger partial charge in [-0.05, 0) is 11.5 Å². The van der Waals surface area contributed by atoms with Crippen LogP contribution in [0.5, 0.6) is 0 Å². The van der Waals surface area contributed by atoms with E-state index in [9.17, 15) is 14.7 Å². The highest BCUT2D eigenvalue weighted by Gasteiger charge is 2.35. The first-order chi connectivity index (χ1) is 10.0. The van der Waals surface area contributed by atoms with Gasteiger partial charge < -0.3 is 15.3 Å². The van der Waals surface area contributed by atoms with Gasteiger partial charge >= 0.3 is 0 Å². The third-order valence-electron chi connectivity index (χ3n) is 3.76. The molecule has 2 N–H and O–H groups in total. The van der Waals surface area contributed by atoms with E-state index < -0.39 is 12.1 Å². The molecule has 1 fully saturated rings. The largest absolute Gasteiger partial charge is 0.388 e. The van der Waals surface area contributed by atoms with E-state index in [2.05, 4.69) is 5.32 Å². The molecule has 2 amide bonds. The van der Waals surface area contributed by atoms with Crippen LogP contribution in [0.15, 0.2) is 30.3 Å². The second kappa shape index (κ2) is 6.72. The summed E-state index contributed by atoms with van der Waals surface area (Å²) in [6.45, 7) is 4.80. The molecular weight excluding hydrogens is 268 g/mol. The minimum atomic E-state index is -0.837. The summed E-state index contributed by atoms with van der Waals surface area (Å²) < 4.78 is 0. The first kappa shape index (κ1) is 15.5. The van der Waals surface area contributed by atoms with Gasteiger partial charge in [0.05, 0.1) is 12.5 Å². The number of hydrogen-bond donors (Lipinski definition) is 2. The number of benzene rings is 1. The summed E-state index contributed by atoms with van der Waals surface area (Å²) in [7, 11) is 0. The summed E-state index contributed by atoms with van der Waals surface area (Å²) in [4.78, 5) is 26.0. The van der Waals surface area contributed by atoms with Crippen molar-refractivity contribution in [3.05, 3.63) is 35.9 Å². The fourth-order valence-electron chi connectivity index (χ4n) is 2.70. The maximum atomic E-state index is 12.4. The number of hydrogen-bond acceptors (Lipinski definition) is 3. The number of rotatable bonds is 4. The molecule has 0 spiro atoms. The maximum absolute atomic E-state index is 12.4. The van der Waals surface area contributed by atoms with Gasteiger partial charge in [-0.1, -0.05) is 44.2 Å². The fraction of sp³-hybridized carbons (Fsp3) is 0.500. The average Bonchev–Trinajstić information content (AvgIpc) is 2.47. The first-order valence-electron chi connectivity index (χ1n) is 7.31. The Kier molecular flexibility index (Phi) is 4.96. The van der Waals surface area contributed by atoms with Crippen molar-refractivity contribution in [2.24, 2.45) is 5.92 Å². The number of amides is 2. The quantitative estimate of drug-likeness (QED) is 0.872. The molecule has 1 saturated heterocycles. The molecule has 114 valence electrons. The molecule has 1 aliphatic heterocycles. The van der Waals surface area contributed by atoms with Crippen molar-refractivity contribution in [3.8, 4) is 0 Å². The monoisotopic (exact) mass is 290 g/mol. The van der Waals surface area contributed by atoms with Gasteiger partial charge in [0, 0.05) is 13.1 Å². The number of carbonyl (C=O) groups excluding carboxylic acids is 2. The molecule has 5 heteroatoms. The maximum Gasteiger partial charge on any atom is 0.243 e. The van der Waals surface area contributed by atoms with E-state index in [0.29, 0.717) is 18.7 Å². The number of nitrogens with one attached hydrogen (secondary N) is 1. The number of aliphatic hydroxyl groups excluding tert-OH is 1. The standard InChI is InChI=1S/C16H22N2O3/c1-11(2)15-16(21)17-8-9-18(15)14(20)10-13(19)12-6-4-3-5-7-12/h3-7,11,13,15,19H,8-10H2,1-2H3,(H,17,21). The Morgan fingerprint density at radius 3 is 2.67 bits per heavy atom. The second-order valence-electron chi connectivity index (χ2n) is 5.70. The van der Waals surface area contributed by atoms with E-state index in [1.165, 1.54) is 0 Å². The van der Waals surface area contributed by atoms with Gasteiger partial charge in [0.1, 0.15) is 6.04 Å². The smallest absolute Gasteiger partial charge is 0.243 e. The molecule has 2 unspecified atom stereocenters. The lowest BCUT2D eigenvalue weighted by molar-refractivity contribution is -0.146. The summed E-state index contributed by atoms with van der Waals surface area (Å²) >= 11 is 0. The van der Waals surface area contributed by atoms with Crippen molar-refractivity contribution >= 4 is 11.8 Å². The molecule has 1 heterocycles. The Morgan fingerprint density at radius 2 is 2.05 bits per heavy atom. The van der Waals surface area contributed by atoms with Crippen LogP contribution in [0.2, 0.25) is 0 Å². The zero-order valence-corrected chi connectivity index (χ0v) is 12.5. The third kappa shape index (κ3) is 3.61. The predicted molar refractivity (Wildman–Crippen MR) is 79.4 cm³/mol. The lowest BCUT2D eigenvalue weighted by atomic mass is 9.98. The minimum Gasteiger partial charge on any atom is -0.388 e. The van der Waals surface area contributed by atoms with Crippen molar-refractivity contribution in [3.63, 3.8) is 0 Å². The van der Waals surface area contributed by atoms with Crippen LogP contribution in [0.4, 0.5) is 0 Å². The Labute approximate surface area is 125 Å². The summed E-state index contributed by atoms with van der Waals surface area (Å²) in [5.74, 6) is -0.248. The molecule has 2 rings (SSSR count). The summed E-state index contributed by atoms with van der Waals surface area (Å²) in [6.07, 6.45) is -0.836. The van der Waals surface area contributed by atoms with Crippen LogP contribution >= 0.6 is 0 Å². The van der Waals surface area contributed by atoms with Gasteiger partial charge in [-0.15, -0.1) is 0 Å². The summed E-state index contributed by atoms with van der Waals surface area (Å²) in [6, 6.07) is 8.65. The molecule has 1 aliphatic rings. The molecule has 0 bridgehead atoms. The van der Waals surface area contributed by atoms with Crippen LogP contribution in [-0.2, 0) is 9.59 Å². The Morgan fingerprint density at radius 1 is 1.38 bits per heavy atom. The molecule has 0 saturated carbocycles. The van der Waals surface area contributed by atoms with Gasteiger partial charge in [-0.3, -0.25) is 9.59 Å². The molecular formula is C16H22N2O3. The van der Waals surface area contributed by atoms with E-state index in [1.54, 1.807) is 17.0 Å². The van der Waals surface area contributed by atoms with E-state index in [4.69, 9.17) is 0 Å². The highest BCUT2D eigenvalue weighted by atomic mass is 16.3. The topological polar surface area (TPSA) is 69.6 Å². The highest BCUT2D eigenvalue weighted by Crippen LogP contribution is 2.21. The molecule has 0 aromatic heterocycles. The normalized spacial score (nSPS) is 20.3. The van der Waals surface area contributed by atoms with E-state index in [0.717, 1.165) is 0 Å². The molecule has 0 radical (unpaired) electrons. The van der Waals surface area contributed by atoms with Crippen molar-refractivity contribution in [1.82, 2.24) is 10.2 Å². The van der Waals surface area contributed by atoms with Crippen LogP contribution in [0.25, 0.3) is 0 Å². The number of nitrogens with zero attached hydrogens (tertiary/aromatic N) is 1. The molecule has 1 aromatic carbocycles. The van der Waals surface area contributed by atoms with Crippen molar-refractivity contribution < 1.29 is 14.7 Å². The number of aliphatic hydroxyl groups is 1. The zero-order valence-electron chi connectivity index (χ0n) is 12.5. The van der Waals surface area contributed by atoms with Gasteiger partial charge in [-0.25, -0.2) is 0 Å². The van der Waals surface area contributed by atoms with Crippen molar-refractivity contribution in [2.75, 3.05) is 13.1 Å². The number of carbonyl (C=O) groups is 2. The highest BCUT2D eigenvalue weighted by molar-refractivity contribution is 5.89. The van der Waals surface area contributed by atoms with Crippen molar-refractivity contribution in [2.45, 2.75) is 32.4 Å². The van der Waals surface area contributed by atoms with E-state index in [1.807, 2.05) is 32.0 Å². The minimum absolute atomic E-state index is 0.000509. The van der Waals surface area contributed by atoms with Gasteiger partial charge in [0.25, 0.3) is 0 Å². The van der Waals surface area contributed by atoms with Crippen LogP contribution < -0.4 is 5.32 Å². The molecule has 0 aliphatic carbocycles. The summed E-state index contributed by atoms with van der Waals surface area (Å²) in [5.41, 5.74) is 0.716. The first-order valence-corrected chi connectivity index (χ1v) is 7.31. The molecule has 21 heavy (non-hydrogen) atoms. The van der Waals surface area contributed by atoms with Gasteiger partial charge in [0.2, 0.25) is 11.8 Å².